The van der Waals surface area contributed by atoms with Gasteiger partial charge in [0.15, 0.2) is 17.5 Å². The first-order valence-electron chi connectivity index (χ1n) is 6.70. The fraction of sp³-hybridized carbons (Fsp3) is 0.188. The minimum atomic E-state index is 0. The molecule has 4 N–H and O–H groups in total. The average molecular weight is 429 g/mol. The summed E-state index contributed by atoms with van der Waals surface area (Å²) in [5.41, 5.74) is 7.22. The highest BCUT2D eigenvalue weighted by molar-refractivity contribution is 14.0. The zero-order valence-electron chi connectivity index (χ0n) is 12.9. The summed E-state index contributed by atoms with van der Waals surface area (Å²) >= 11 is 0. The molecule has 0 aliphatic heterocycles. The lowest BCUT2D eigenvalue weighted by Gasteiger charge is -2.10. The van der Waals surface area contributed by atoms with Crippen molar-refractivity contribution in [3.63, 3.8) is 0 Å². The van der Waals surface area contributed by atoms with Gasteiger partial charge in [-0.1, -0.05) is 24.3 Å². The summed E-state index contributed by atoms with van der Waals surface area (Å²) in [7, 11) is 3.09. The summed E-state index contributed by atoms with van der Waals surface area (Å²) in [4.78, 5) is 4.21. The molecule has 6 nitrogen and oxygen atoms in total. The SMILES string of the molecule is COc1ccccc1NC(N)=NCc1cccc(OC)c1O.I. The Hall–Kier alpha value is -2.16. The number of halogens is 1. The van der Waals surface area contributed by atoms with Gasteiger partial charge in [-0.2, -0.15) is 0 Å². The number of rotatable bonds is 5. The molecule has 23 heavy (non-hydrogen) atoms. The van der Waals surface area contributed by atoms with E-state index in [1.54, 1.807) is 25.3 Å². The van der Waals surface area contributed by atoms with Crippen LogP contribution in [0.5, 0.6) is 17.2 Å². The van der Waals surface area contributed by atoms with E-state index < -0.39 is 0 Å². The van der Waals surface area contributed by atoms with E-state index >= 15 is 0 Å². The molecule has 2 aromatic rings. The van der Waals surface area contributed by atoms with Gasteiger partial charge < -0.3 is 25.6 Å². The summed E-state index contributed by atoms with van der Waals surface area (Å²) < 4.78 is 10.3. The molecule has 0 bridgehead atoms. The molecule has 0 atom stereocenters. The van der Waals surface area contributed by atoms with Crippen LogP contribution in [-0.4, -0.2) is 25.3 Å². The molecule has 0 aliphatic carbocycles. The number of phenols is 1. The maximum atomic E-state index is 10.00. The van der Waals surface area contributed by atoms with Crippen molar-refractivity contribution in [2.24, 2.45) is 10.7 Å². The van der Waals surface area contributed by atoms with Crippen molar-refractivity contribution in [3.8, 4) is 17.2 Å². The Bertz CT molecular complexity index is 677. The summed E-state index contributed by atoms with van der Waals surface area (Å²) in [6.07, 6.45) is 0. The van der Waals surface area contributed by atoms with E-state index in [1.165, 1.54) is 7.11 Å². The smallest absolute Gasteiger partial charge is 0.193 e. The number of nitrogens with zero attached hydrogens (tertiary/aromatic N) is 1. The minimum Gasteiger partial charge on any atom is -0.504 e. The quantitative estimate of drug-likeness (QED) is 0.387. The minimum absolute atomic E-state index is 0. The van der Waals surface area contributed by atoms with Gasteiger partial charge in [-0.25, -0.2) is 4.99 Å². The molecule has 0 spiro atoms. The average Bonchev–Trinajstić information content (AvgIpc) is 2.54. The van der Waals surface area contributed by atoms with Gasteiger partial charge in [0.2, 0.25) is 0 Å². The van der Waals surface area contributed by atoms with Crippen molar-refractivity contribution in [3.05, 3.63) is 48.0 Å². The fourth-order valence-corrected chi connectivity index (χ4v) is 1.96. The second kappa shape index (κ2) is 9.09. The number of hydrogen-bond acceptors (Lipinski definition) is 4. The molecule has 0 radical (unpaired) electrons. The van der Waals surface area contributed by atoms with E-state index in [-0.39, 0.29) is 42.2 Å². The van der Waals surface area contributed by atoms with Gasteiger partial charge in [-0.3, -0.25) is 0 Å². The number of para-hydroxylation sites is 3. The first-order chi connectivity index (χ1) is 10.7. The van der Waals surface area contributed by atoms with Gasteiger partial charge >= 0.3 is 0 Å². The summed E-state index contributed by atoms with van der Waals surface area (Å²) in [6.45, 7) is 0.233. The number of aromatic hydroxyl groups is 1. The number of ether oxygens (including phenoxy) is 2. The van der Waals surface area contributed by atoms with E-state index in [0.29, 0.717) is 17.1 Å². The predicted octanol–water partition coefficient (Wildman–Crippen LogP) is 2.95. The maximum Gasteiger partial charge on any atom is 0.193 e. The van der Waals surface area contributed by atoms with Crippen molar-refractivity contribution >= 4 is 35.6 Å². The Labute approximate surface area is 152 Å². The number of nitrogens with two attached hydrogens (primary N) is 1. The number of aliphatic imine (C=N–C) groups is 1. The molecule has 0 heterocycles. The van der Waals surface area contributed by atoms with Crippen LogP contribution in [0.15, 0.2) is 47.5 Å². The molecule has 0 saturated heterocycles. The van der Waals surface area contributed by atoms with Crippen molar-refractivity contribution in [1.82, 2.24) is 0 Å². The Morgan fingerprint density at radius 1 is 1.09 bits per heavy atom. The highest BCUT2D eigenvalue weighted by atomic mass is 127. The molecular weight excluding hydrogens is 409 g/mol. The van der Waals surface area contributed by atoms with Gasteiger partial charge in [0.25, 0.3) is 0 Å². The highest BCUT2D eigenvalue weighted by Gasteiger charge is 2.07. The van der Waals surface area contributed by atoms with Crippen LogP contribution in [0.1, 0.15) is 5.56 Å². The first-order valence-corrected chi connectivity index (χ1v) is 6.70. The molecule has 124 valence electrons. The number of methoxy groups -OCH3 is 2. The van der Waals surface area contributed by atoms with Gasteiger partial charge in [0.1, 0.15) is 5.75 Å². The first kappa shape index (κ1) is 18.9. The van der Waals surface area contributed by atoms with Crippen molar-refractivity contribution < 1.29 is 14.6 Å². The normalized spacial score (nSPS) is 10.6. The Morgan fingerprint density at radius 3 is 2.43 bits per heavy atom. The zero-order valence-corrected chi connectivity index (χ0v) is 15.3. The monoisotopic (exact) mass is 429 g/mol. The number of guanidine groups is 1. The zero-order chi connectivity index (χ0) is 15.9. The maximum absolute atomic E-state index is 10.00. The van der Waals surface area contributed by atoms with Crippen molar-refractivity contribution in [2.75, 3.05) is 19.5 Å². The largest absolute Gasteiger partial charge is 0.504 e. The fourth-order valence-electron chi connectivity index (χ4n) is 1.96. The topological polar surface area (TPSA) is 89.1 Å². The summed E-state index contributed by atoms with van der Waals surface area (Å²) in [5.74, 6) is 1.37. The molecular formula is C16H20IN3O3. The number of nitrogens with one attached hydrogen (secondary N) is 1. The highest BCUT2D eigenvalue weighted by Crippen LogP contribution is 2.29. The number of benzene rings is 2. The van der Waals surface area contributed by atoms with Crippen molar-refractivity contribution in [2.45, 2.75) is 6.54 Å². The van der Waals surface area contributed by atoms with Gasteiger partial charge in [0, 0.05) is 5.56 Å². The van der Waals surface area contributed by atoms with Crippen LogP contribution in [0.3, 0.4) is 0 Å². The Balaban J connectivity index is 0.00000264. The van der Waals surface area contributed by atoms with Crippen LogP contribution >= 0.6 is 24.0 Å². The van der Waals surface area contributed by atoms with Crippen LogP contribution in [0, 0.1) is 0 Å². The molecule has 0 saturated carbocycles. The van der Waals surface area contributed by atoms with Crippen molar-refractivity contribution in [1.29, 1.82) is 0 Å². The van der Waals surface area contributed by atoms with Crippen LogP contribution in [-0.2, 0) is 6.54 Å². The predicted molar refractivity (Wildman–Crippen MR) is 102 cm³/mol. The molecule has 0 fully saturated rings. The third kappa shape index (κ3) is 4.92. The molecule has 0 unspecified atom stereocenters. The lowest BCUT2D eigenvalue weighted by Crippen LogP contribution is -2.22. The Kier molecular flexibility index (Phi) is 7.46. The van der Waals surface area contributed by atoms with Gasteiger partial charge in [-0.15, -0.1) is 24.0 Å². The molecule has 2 aromatic carbocycles. The second-order valence-electron chi connectivity index (χ2n) is 4.49. The molecule has 0 aromatic heterocycles. The summed E-state index contributed by atoms with van der Waals surface area (Å²) in [6, 6.07) is 12.6. The van der Waals surface area contributed by atoms with E-state index in [9.17, 15) is 5.11 Å². The van der Waals surface area contributed by atoms with Crippen LogP contribution in [0.25, 0.3) is 0 Å². The Morgan fingerprint density at radius 2 is 1.74 bits per heavy atom. The molecule has 0 aliphatic rings. The molecule has 7 heteroatoms. The standard InChI is InChI=1S/C16H19N3O3.HI/c1-21-13-8-4-3-7-12(13)19-16(17)18-10-11-6-5-9-14(22-2)15(11)20;/h3-9,20H,10H2,1-2H3,(H3,17,18,19);1H. The van der Waals surface area contributed by atoms with Crippen LogP contribution in [0.2, 0.25) is 0 Å². The van der Waals surface area contributed by atoms with E-state index in [1.807, 2.05) is 24.3 Å². The number of hydrogen-bond donors (Lipinski definition) is 3. The van der Waals surface area contributed by atoms with E-state index in [0.717, 1.165) is 5.69 Å². The third-order valence-corrected chi connectivity index (χ3v) is 3.09. The van der Waals surface area contributed by atoms with Crippen LogP contribution < -0.4 is 20.5 Å². The van der Waals surface area contributed by atoms with E-state index in [2.05, 4.69) is 10.3 Å². The summed E-state index contributed by atoms with van der Waals surface area (Å²) in [5, 5.41) is 13.0. The number of anilines is 1. The molecule has 0 amide bonds. The molecule has 2 rings (SSSR count). The van der Waals surface area contributed by atoms with E-state index in [4.69, 9.17) is 15.2 Å². The lowest BCUT2D eigenvalue weighted by molar-refractivity contribution is 0.370. The number of phenolic OH excluding ortho intramolecular Hbond substituents is 1. The third-order valence-electron chi connectivity index (χ3n) is 3.09. The van der Waals surface area contributed by atoms with Gasteiger partial charge in [0.05, 0.1) is 26.5 Å². The second-order valence-corrected chi connectivity index (χ2v) is 4.49. The van der Waals surface area contributed by atoms with Crippen LogP contribution in [0.4, 0.5) is 5.69 Å². The lowest BCUT2D eigenvalue weighted by atomic mass is 10.2. The van der Waals surface area contributed by atoms with Gasteiger partial charge in [-0.05, 0) is 18.2 Å².